The van der Waals surface area contributed by atoms with Crippen molar-refractivity contribution in [2.24, 2.45) is 0 Å². The van der Waals surface area contributed by atoms with Gasteiger partial charge in [0.15, 0.2) is 22.5 Å². The van der Waals surface area contributed by atoms with Crippen LogP contribution in [-0.4, -0.2) is 24.7 Å². The summed E-state index contributed by atoms with van der Waals surface area (Å²) in [5.74, 6) is 0.139. The van der Waals surface area contributed by atoms with Crippen LogP contribution in [0, 0.1) is 3.57 Å². The monoisotopic (exact) mass is 456 g/mol. The molecule has 126 valence electrons. The highest BCUT2D eigenvalue weighted by molar-refractivity contribution is 14.1. The van der Waals surface area contributed by atoms with E-state index in [1.165, 1.54) is 17.8 Å². The number of unbranched alkanes of at least 4 members (excludes halogenated alkanes) is 1. The van der Waals surface area contributed by atoms with Gasteiger partial charge in [0.1, 0.15) is 5.52 Å². The molecule has 2 heterocycles. The minimum Gasteiger partial charge on any atom is -0.504 e. The number of fused-ring (bicyclic) bond motifs is 1. The number of hydrogen-bond acceptors (Lipinski definition) is 6. The predicted octanol–water partition coefficient (Wildman–Crippen LogP) is 3.98. The molecule has 0 amide bonds. The van der Waals surface area contributed by atoms with Crippen LogP contribution in [0.2, 0.25) is 0 Å². The minimum absolute atomic E-state index is 0.128. The molecule has 0 aliphatic carbocycles. The first-order valence-corrected chi connectivity index (χ1v) is 9.40. The van der Waals surface area contributed by atoms with Gasteiger partial charge in [0.05, 0.1) is 5.52 Å². The Kier molecular flexibility index (Phi) is 5.04. The van der Waals surface area contributed by atoms with E-state index in [2.05, 4.69) is 44.0 Å². The minimum atomic E-state index is -0.143. The second-order valence-electron chi connectivity index (χ2n) is 5.34. The Morgan fingerprint density at radius 3 is 2.79 bits per heavy atom. The van der Waals surface area contributed by atoms with E-state index in [9.17, 15) is 10.2 Å². The van der Waals surface area contributed by atoms with Crippen molar-refractivity contribution >= 4 is 51.2 Å². The third-order valence-electron chi connectivity index (χ3n) is 3.63. The van der Waals surface area contributed by atoms with Crippen molar-refractivity contribution in [2.75, 3.05) is 5.73 Å². The fourth-order valence-corrected chi connectivity index (χ4v) is 4.11. The van der Waals surface area contributed by atoms with Gasteiger partial charge in [0, 0.05) is 21.2 Å². The molecule has 0 saturated heterocycles. The second kappa shape index (κ2) is 7.06. The molecular formula is C16H17IN4O2S. The maximum absolute atomic E-state index is 9.77. The number of nitrogen functional groups attached to an aromatic ring is 1. The Morgan fingerprint density at radius 2 is 2.04 bits per heavy atom. The summed E-state index contributed by atoms with van der Waals surface area (Å²) in [6, 6.07) is 5.00. The van der Waals surface area contributed by atoms with Crippen LogP contribution in [0.15, 0.2) is 34.4 Å². The molecular weight excluding hydrogens is 439 g/mol. The van der Waals surface area contributed by atoms with Crippen LogP contribution >= 0.6 is 34.4 Å². The molecule has 3 rings (SSSR count). The van der Waals surface area contributed by atoms with Gasteiger partial charge in [-0.25, -0.2) is 9.97 Å². The molecule has 0 fully saturated rings. The first-order chi connectivity index (χ1) is 11.5. The highest BCUT2D eigenvalue weighted by atomic mass is 127. The number of phenolic OH excluding ortho intramolecular Hbond substituents is 2. The van der Waals surface area contributed by atoms with Crippen LogP contribution < -0.4 is 5.73 Å². The lowest BCUT2D eigenvalue weighted by molar-refractivity contribution is 0.402. The third kappa shape index (κ3) is 3.25. The standard InChI is InChI=1S/C16H17IN4O2S/c1-2-3-6-21-10-4-5-19-15(18)14(10)20-16(21)24-13-8-12(23)11(22)7-9(13)17/h4-5,7-8,22-23H,2-3,6H2,1H3,(H2,18,19). The van der Waals surface area contributed by atoms with Crippen molar-refractivity contribution in [3.8, 4) is 11.5 Å². The van der Waals surface area contributed by atoms with Crippen LogP contribution in [0.25, 0.3) is 11.0 Å². The average molecular weight is 456 g/mol. The molecule has 1 aromatic carbocycles. The van der Waals surface area contributed by atoms with Crippen LogP contribution in [0.1, 0.15) is 19.8 Å². The summed E-state index contributed by atoms with van der Waals surface area (Å²) in [4.78, 5) is 9.58. The lowest BCUT2D eigenvalue weighted by atomic mass is 10.3. The summed E-state index contributed by atoms with van der Waals surface area (Å²) in [6.45, 7) is 2.97. The largest absolute Gasteiger partial charge is 0.504 e. The van der Waals surface area contributed by atoms with Gasteiger partial charge in [0.2, 0.25) is 0 Å². The Morgan fingerprint density at radius 1 is 1.29 bits per heavy atom. The van der Waals surface area contributed by atoms with Crippen LogP contribution in [0.3, 0.4) is 0 Å². The molecule has 0 aliphatic rings. The van der Waals surface area contributed by atoms with Gasteiger partial charge in [0.25, 0.3) is 0 Å². The number of aromatic nitrogens is 3. The number of pyridine rings is 1. The zero-order valence-electron chi connectivity index (χ0n) is 13.0. The van der Waals surface area contributed by atoms with Gasteiger partial charge in [-0.15, -0.1) is 0 Å². The van der Waals surface area contributed by atoms with Crippen molar-refractivity contribution in [1.82, 2.24) is 14.5 Å². The Bertz CT molecular complexity index is 897. The molecule has 0 spiro atoms. The summed E-state index contributed by atoms with van der Waals surface area (Å²) < 4.78 is 2.97. The summed E-state index contributed by atoms with van der Waals surface area (Å²) in [5.41, 5.74) is 7.61. The van der Waals surface area contributed by atoms with Gasteiger partial charge < -0.3 is 20.5 Å². The smallest absolute Gasteiger partial charge is 0.174 e. The number of aryl methyl sites for hydroxylation is 1. The highest BCUT2D eigenvalue weighted by Gasteiger charge is 2.16. The Hall–Kier alpha value is -1.68. The SMILES string of the molecule is CCCCn1c(Sc2cc(O)c(O)cc2I)nc2c(N)nccc21. The van der Waals surface area contributed by atoms with Crippen LogP contribution in [0.5, 0.6) is 11.5 Å². The number of phenols is 2. The number of nitrogens with two attached hydrogens (primary N) is 1. The molecule has 4 N–H and O–H groups in total. The summed E-state index contributed by atoms with van der Waals surface area (Å²) in [5, 5.41) is 20.2. The van der Waals surface area contributed by atoms with E-state index in [1.807, 2.05) is 6.07 Å². The van der Waals surface area contributed by atoms with E-state index in [4.69, 9.17) is 5.73 Å². The fraction of sp³-hybridized carbons (Fsp3) is 0.250. The molecule has 0 saturated carbocycles. The molecule has 0 radical (unpaired) electrons. The number of rotatable bonds is 5. The molecule has 0 unspecified atom stereocenters. The molecule has 0 bridgehead atoms. The molecule has 3 aromatic rings. The van der Waals surface area contributed by atoms with Crippen molar-refractivity contribution in [2.45, 2.75) is 36.4 Å². The van der Waals surface area contributed by atoms with Gasteiger partial charge in [-0.05, 0) is 47.2 Å². The Balaban J connectivity index is 2.08. The number of hydrogen-bond donors (Lipinski definition) is 3. The van der Waals surface area contributed by atoms with Crippen LogP contribution in [-0.2, 0) is 6.54 Å². The number of nitrogens with zero attached hydrogens (tertiary/aromatic N) is 3. The summed E-state index contributed by atoms with van der Waals surface area (Å²) in [7, 11) is 0. The van der Waals surface area contributed by atoms with E-state index in [-0.39, 0.29) is 11.5 Å². The number of imidazole rings is 1. The van der Waals surface area contributed by atoms with E-state index in [1.54, 1.807) is 12.3 Å². The number of benzene rings is 1. The normalized spacial score (nSPS) is 11.2. The lowest BCUT2D eigenvalue weighted by Gasteiger charge is -2.10. The van der Waals surface area contributed by atoms with Gasteiger partial charge in [-0.2, -0.15) is 0 Å². The zero-order valence-corrected chi connectivity index (χ0v) is 16.0. The van der Waals surface area contributed by atoms with Crippen molar-refractivity contribution in [3.05, 3.63) is 28.0 Å². The van der Waals surface area contributed by atoms with E-state index in [0.29, 0.717) is 11.3 Å². The first-order valence-electron chi connectivity index (χ1n) is 7.51. The van der Waals surface area contributed by atoms with Crippen molar-refractivity contribution in [3.63, 3.8) is 0 Å². The fourth-order valence-electron chi connectivity index (χ4n) is 2.37. The lowest BCUT2D eigenvalue weighted by Crippen LogP contribution is -2.00. The summed E-state index contributed by atoms with van der Waals surface area (Å²) in [6.07, 6.45) is 3.79. The molecule has 6 nitrogen and oxygen atoms in total. The molecule has 8 heteroatoms. The highest BCUT2D eigenvalue weighted by Crippen LogP contribution is 2.39. The Labute approximate surface area is 157 Å². The van der Waals surface area contributed by atoms with Crippen molar-refractivity contribution < 1.29 is 10.2 Å². The topological polar surface area (TPSA) is 97.2 Å². The maximum Gasteiger partial charge on any atom is 0.174 e. The predicted molar refractivity (Wildman–Crippen MR) is 103 cm³/mol. The number of aromatic hydroxyl groups is 2. The number of anilines is 1. The van der Waals surface area contributed by atoms with Gasteiger partial charge in [-0.1, -0.05) is 25.1 Å². The molecule has 0 atom stereocenters. The quantitative estimate of drug-likeness (QED) is 0.397. The zero-order chi connectivity index (χ0) is 17.3. The van der Waals surface area contributed by atoms with E-state index in [0.717, 1.165) is 38.5 Å². The van der Waals surface area contributed by atoms with Gasteiger partial charge in [-0.3, -0.25) is 0 Å². The first kappa shape index (κ1) is 17.2. The average Bonchev–Trinajstić information content (AvgIpc) is 2.89. The van der Waals surface area contributed by atoms with Gasteiger partial charge >= 0.3 is 0 Å². The second-order valence-corrected chi connectivity index (χ2v) is 7.51. The number of halogens is 1. The molecule has 2 aromatic heterocycles. The molecule has 0 aliphatic heterocycles. The van der Waals surface area contributed by atoms with Crippen LogP contribution in [0.4, 0.5) is 5.82 Å². The third-order valence-corrected chi connectivity index (χ3v) is 5.94. The molecule has 24 heavy (non-hydrogen) atoms. The van der Waals surface area contributed by atoms with E-state index >= 15 is 0 Å². The maximum atomic E-state index is 9.77. The summed E-state index contributed by atoms with van der Waals surface area (Å²) >= 11 is 3.57. The van der Waals surface area contributed by atoms with E-state index < -0.39 is 0 Å². The van der Waals surface area contributed by atoms with Crippen molar-refractivity contribution in [1.29, 1.82) is 0 Å².